The Morgan fingerprint density at radius 2 is 2.30 bits per heavy atom. The number of nitrogens with one attached hydrogen (secondary N) is 1. The Labute approximate surface area is 114 Å². The minimum atomic E-state index is -0.868. The summed E-state index contributed by atoms with van der Waals surface area (Å²) < 4.78 is 1.18. The van der Waals surface area contributed by atoms with Gasteiger partial charge in [0.2, 0.25) is 5.91 Å². The van der Waals surface area contributed by atoms with Crippen molar-refractivity contribution in [3.8, 4) is 0 Å². The number of carboxylic acids is 1. The van der Waals surface area contributed by atoms with Gasteiger partial charge in [-0.05, 0) is 24.7 Å². The van der Waals surface area contributed by atoms with Crippen LogP contribution in [0.1, 0.15) is 26.2 Å². The lowest BCUT2D eigenvalue weighted by Crippen LogP contribution is -2.35. The molecule has 1 amide bonds. The summed E-state index contributed by atoms with van der Waals surface area (Å²) in [5, 5.41) is 25.2. The average molecular weight is 284 g/mol. The largest absolute Gasteiger partial charge is 0.481 e. The second-order valence-electron chi connectivity index (χ2n) is 4.38. The van der Waals surface area contributed by atoms with Crippen molar-refractivity contribution in [3.63, 3.8) is 0 Å². The molecule has 1 rings (SSSR count). The van der Waals surface area contributed by atoms with E-state index in [0.29, 0.717) is 12.8 Å². The van der Waals surface area contributed by atoms with E-state index in [1.165, 1.54) is 16.9 Å². The van der Waals surface area contributed by atoms with Crippen LogP contribution in [-0.4, -0.2) is 37.7 Å². The topological polar surface area (TPSA) is 127 Å². The number of nitrogens with zero attached hydrogens (tertiary/aromatic N) is 3. The van der Waals surface area contributed by atoms with Gasteiger partial charge in [0.1, 0.15) is 6.54 Å². The van der Waals surface area contributed by atoms with Crippen LogP contribution in [0.25, 0.3) is 0 Å². The molecule has 20 heavy (non-hydrogen) atoms. The van der Waals surface area contributed by atoms with E-state index in [4.69, 9.17) is 5.11 Å². The third kappa shape index (κ3) is 5.46. The van der Waals surface area contributed by atoms with Gasteiger partial charge >= 0.3 is 11.8 Å². The summed E-state index contributed by atoms with van der Waals surface area (Å²) in [6, 6.07) is 1.05. The number of nitro groups is 1. The Hall–Kier alpha value is -2.45. The molecule has 9 heteroatoms. The van der Waals surface area contributed by atoms with Gasteiger partial charge < -0.3 is 20.5 Å². The quantitative estimate of drug-likeness (QED) is 0.530. The maximum absolute atomic E-state index is 11.6. The predicted molar refractivity (Wildman–Crippen MR) is 68.0 cm³/mol. The van der Waals surface area contributed by atoms with Crippen molar-refractivity contribution < 1.29 is 19.6 Å². The fourth-order valence-corrected chi connectivity index (χ4v) is 1.64. The van der Waals surface area contributed by atoms with Crippen molar-refractivity contribution in [2.75, 3.05) is 0 Å². The number of amides is 1. The first-order valence-corrected chi connectivity index (χ1v) is 6.07. The molecule has 0 saturated heterocycles. The molecular weight excluding hydrogens is 268 g/mol. The zero-order valence-corrected chi connectivity index (χ0v) is 11.0. The number of carbonyl (C=O) groups excluding carboxylic acids is 1. The number of hydrogen-bond donors (Lipinski definition) is 2. The van der Waals surface area contributed by atoms with Gasteiger partial charge in [-0.3, -0.25) is 9.59 Å². The molecule has 0 aromatic carbocycles. The summed E-state index contributed by atoms with van der Waals surface area (Å²) in [7, 11) is 0. The lowest BCUT2D eigenvalue weighted by molar-refractivity contribution is -0.389. The van der Waals surface area contributed by atoms with Crippen molar-refractivity contribution >= 4 is 17.7 Å². The highest BCUT2D eigenvalue weighted by atomic mass is 16.6. The van der Waals surface area contributed by atoms with Gasteiger partial charge in [0.25, 0.3) is 0 Å². The van der Waals surface area contributed by atoms with Crippen LogP contribution in [0.3, 0.4) is 0 Å². The van der Waals surface area contributed by atoms with Gasteiger partial charge in [-0.1, -0.05) is 0 Å². The monoisotopic (exact) mass is 284 g/mol. The van der Waals surface area contributed by atoms with Crippen LogP contribution in [-0.2, 0) is 16.1 Å². The first-order valence-electron chi connectivity index (χ1n) is 6.07. The number of carbonyl (C=O) groups is 2. The third-order valence-electron chi connectivity index (χ3n) is 2.55. The van der Waals surface area contributed by atoms with Crippen molar-refractivity contribution in [1.82, 2.24) is 15.1 Å². The SMILES string of the molecule is CC(CCCC(=O)O)NC(=O)Cn1ccc([N+](=O)[O-])n1. The molecule has 0 aliphatic heterocycles. The van der Waals surface area contributed by atoms with Crippen molar-refractivity contribution in [1.29, 1.82) is 0 Å². The molecule has 0 radical (unpaired) electrons. The first-order chi connectivity index (χ1) is 9.38. The van der Waals surface area contributed by atoms with Crippen LogP contribution in [0.15, 0.2) is 12.3 Å². The maximum Gasteiger partial charge on any atom is 0.389 e. The standard InChI is InChI=1S/C11H16N4O5/c1-8(3-2-4-11(17)18)12-10(16)7-14-6-5-9(13-14)15(19)20/h5-6,8H,2-4,7H2,1H3,(H,12,16)(H,17,18). The van der Waals surface area contributed by atoms with Gasteiger partial charge in [-0.2, -0.15) is 4.68 Å². The lowest BCUT2D eigenvalue weighted by Gasteiger charge is -2.12. The summed E-state index contributed by atoms with van der Waals surface area (Å²) >= 11 is 0. The number of carboxylic acid groups (broad SMARTS) is 1. The molecule has 0 fully saturated rings. The molecule has 1 heterocycles. The fourth-order valence-electron chi connectivity index (χ4n) is 1.64. The van der Waals surface area contributed by atoms with E-state index in [1.807, 2.05) is 0 Å². The van der Waals surface area contributed by atoms with E-state index < -0.39 is 10.9 Å². The van der Waals surface area contributed by atoms with E-state index in [-0.39, 0.29) is 30.7 Å². The third-order valence-corrected chi connectivity index (χ3v) is 2.55. The van der Waals surface area contributed by atoms with Crippen LogP contribution in [0.5, 0.6) is 0 Å². The van der Waals surface area contributed by atoms with E-state index in [1.54, 1.807) is 6.92 Å². The number of rotatable bonds is 8. The molecule has 2 N–H and O–H groups in total. The van der Waals surface area contributed by atoms with Gasteiger partial charge in [-0.25, -0.2) is 0 Å². The molecule has 110 valence electrons. The molecule has 1 atom stereocenters. The lowest BCUT2D eigenvalue weighted by atomic mass is 10.1. The highest BCUT2D eigenvalue weighted by molar-refractivity contribution is 5.75. The molecule has 0 aliphatic carbocycles. The summed E-state index contributed by atoms with van der Waals surface area (Å²) in [5.41, 5.74) is 0. The van der Waals surface area contributed by atoms with Crippen molar-refractivity contribution in [2.45, 2.75) is 38.8 Å². The zero-order chi connectivity index (χ0) is 15.1. The smallest absolute Gasteiger partial charge is 0.389 e. The molecule has 1 aromatic rings. The summed E-state index contributed by atoms with van der Waals surface area (Å²) in [6.45, 7) is 1.66. The Balaban J connectivity index is 2.35. The molecule has 0 bridgehead atoms. The molecule has 1 unspecified atom stereocenters. The van der Waals surface area contributed by atoms with E-state index in [0.717, 1.165) is 0 Å². The van der Waals surface area contributed by atoms with E-state index in [2.05, 4.69) is 10.4 Å². The maximum atomic E-state index is 11.6. The minimum Gasteiger partial charge on any atom is -0.481 e. The summed E-state index contributed by atoms with van der Waals surface area (Å²) in [6.07, 6.45) is 2.44. The molecule has 0 saturated carbocycles. The van der Waals surface area contributed by atoms with Crippen LogP contribution in [0, 0.1) is 10.1 Å². The molecule has 9 nitrogen and oxygen atoms in total. The fraction of sp³-hybridized carbons (Fsp3) is 0.545. The van der Waals surface area contributed by atoms with Crippen LogP contribution < -0.4 is 5.32 Å². The van der Waals surface area contributed by atoms with Crippen LogP contribution >= 0.6 is 0 Å². The van der Waals surface area contributed by atoms with Gasteiger partial charge in [0, 0.05) is 12.5 Å². The van der Waals surface area contributed by atoms with Crippen molar-refractivity contribution in [3.05, 3.63) is 22.4 Å². The van der Waals surface area contributed by atoms with Crippen LogP contribution in [0.2, 0.25) is 0 Å². The number of hydrogen-bond acceptors (Lipinski definition) is 5. The Morgan fingerprint density at radius 1 is 1.60 bits per heavy atom. The minimum absolute atomic E-state index is 0.0611. The molecule has 0 aliphatic rings. The van der Waals surface area contributed by atoms with E-state index in [9.17, 15) is 19.7 Å². The normalized spacial score (nSPS) is 11.8. The van der Waals surface area contributed by atoms with Gasteiger partial charge in [0.15, 0.2) is 0 Å². The number of aliphatic carboxylic acids is 1. The Bertz CT molecular complexity index is 499. The van der Waals surface area contributed by atoms with Crippen LogP contribution in [0.4, 0.5) is 5.82 Å². The number of aromatic nitrogens is 2. The molecule has 0 spiro atoms. The zero-order valence-electron chi connectivity index (χ0n) is 11.0. The summed E-state index contributed by atoms with van der Waals surface area (Å²) in [4.78, 5) is 31.8. The predicted octanol–water partition coefficient (Wildman–Crippen LogP) is 0.551. The summed E-state index contributed by atoms with van der Waals surface area (Å²) in [5.74, 6) is -1.51. The Kier molecular flexibility index (Phi) is 5.63. The van der Waals surface area contributed by atoms with E-state index >= 15 is 0 Å². The van der Waals surface area contributed by atoms with Gasteiger partial charge in [-0.15, -0.1) is 0 Å². The first kappa shape index (κ1) is 15.6. The van der Waals surface area contributed by atoms with Gasteiger partial charge in [0.05, 0.1) is 17.4 Å². The second kappa shape index (κ2) is 7.22. The highest BCUT2D eigenvalue weighted by Gasteiger charge is 2.14. The second-order valence-corrected chi connectivity index (χ2v) is 4.38. The molecular formula is C11H16N4O5. The average Bonchev–Trinajstić information content (AvgIpc) is 2.76. The highest BCUT2D eigenvalue weighted by Crippen LogP contribution is 2.05. The molecule has 1 aromatic heterocycles. The van der Waals surface area contributed by atoms with Crippen molar-refractivity contribution in [2.24, 2.45) is 0 Å². The Morgan fingerprint density at radius 3 is 2.85 bits per heavy atom.